The predicted molar refractivity (Wildman–Crippen MR) is 133 cm³/mol. The molecule has 0 fully saturated rings. The van der Waals surface area contributed by atoms with E-state index >= 15 is 0 Å². The van der Waals surface area contributed by atoms with Gasteiger partial charge in [-0.3, -0.25) is 9.69 Å². The van der Waals surface area contributed by atoms with Crippen molar-refractivity contribution >= 4 is 17.7 Å². The number of methoxy groups -OCH3 is 1. The summed E-state index contributed by atoms with van der Waals surface area (Å²) in [4.78, 5) is 15.1. The van der Waals surface area contributed by atoms with E-state index in [4.69, 9.17) is 4.74 Å². The molecule has 0 aliphatic rings. The summed E-state index contributed by atoms with van der Waals surface area (Å²) in [7, 11) is 1.67. The third kappa shape index (κ3) is 6.82. The number of hydrogen-bond donors (Lipinski definition) is 1. The van der Waals surface area contributed by atoms with Crippen LogP contribution < -0.4 is 10.1 Å². The van der Waals surface area contributed by atoms with Crippen molar-refractivity contribution in [1.82, 2.24) is 25.0 Å². The number of amides is 1. The lowest BCUT2D eigenvalue weighted by Crippen LogP contribution is -2.38. The number of carbonyl (C=O) groups excluding carboxylic acids is 1. The van der Waals surface area contributed by atoms with Gasteiger partial charge in [-0.2, -0.15) is 0 Å². The highest BCUT2D eigenvalue weighted by molar-refractivity contribution is 7.99. The topological polar surface area (TPSA) is 72.3 Å². The highest BCUT2D eigenvalue weighted by atomic mass is 32.2. The smallest absolute Gasteiger partial charge is 0.230 e. The molecule has 1 aromatic heterocycles. The molecule has 0 saturated heterocycles. The summed E-state index contributed by atoms with van der Waals surface area (Å²) in [6, 6.07) is 18.3. The first kappa shape index (κ1) is 24.8. The molecule has 176 valence electrons. The summed E-state index contributed by atoms with van der Waals surface area (Å²) in [5.41, 5.74) is 2.30. The predicted octanol–water partition coefficient (Wildman–Crippen LogP) is 3.93. The molecule has 3 rings (SSSR count). The van der Waals surface area contributed by atoms with Crippen LogP contribution in [0, 0.1) is 6.92 Å². The number of aromatic nitrogens is 3. The highest BCUT2D eigenvalue weighted by Crippen LogP contribution is 2.24. The van der Waals surface area contributed by atoms with E-state index < -0.39 is 0 Å². The van der Waals surface area contributed by atoms with Gasteiger partial charge in [0.1, 0.15) is 11.6 Å². The van der Waals surface area contributed by atoms with Gasteiger partial charge in [-0.15, -0.1) is 10.2 Å². The minimum Gasteiger partial charge on any atom is -0.497 e. The van der Waals surface area contributed by atoms with Gasteiger partial charge in [0, 0.05) is 6.54 Å². The van der Waals surface area contributed by atoms with Crippen LogP contribution in [0.3, 0.4) is 0 Å². The Kier molecular flexibility index (Phi) is 9.33. The number of rotatable bonds is 12. The molecular weight excluding hydrogens is 434 g/mol. The van der Waals surface area contributed by atoms with Gasteiger partial charge >= 0.3 is 0 Å². The maximum atomic E-state index is 12.7. The monoisotopic (exact) mass is 467 g/mol. The van der Waals surface area contributed by atoms with Crippen LogP contribution >= 0.6 is 11.8 Å². The lowest BCUT2D eigenvalue weighted by atomic mass is 10.0. The summed E-state index contributed by atoms with van der Waals surface area (Å²) in [6.07, 6.45) is 0. The Hall–Kier alpha value is -2.84. The van der Waals surface area contributed by atoms with E-state index in [1.807, 2.05) is 47.9 Å². The zero-order chi connectivity index (χ0) is 23.6. The van der Waals surface area contributed by atoms with Gasteiger partial charge in [-0.25, -0.2) is 0 Å². The molecule has 0 aliphatic carbocycles. The Morgan fingerprint density at radius 2 is 1.88 bits per heavy atom. The quantitative estimate of drug-likeness (QED) is 0.407. The van der Waals surface area contributed by atoms with Crippen LogP contribution in [-0.4, -0.2) is 58.1 Å². The number of likely N-dealkylation sites (N-methyl/N-ethyl adjacent to an activating group) is 1. The Morgan fingerprint density at radius 1 is 1.12 bits per heavy atom. The van der Waals surface area contributed by atoms with Gasteiger partial charge < -0.3 is 14.6 Å². The van der Waals surface area contributed by atoms with Crippen molar-refractivity contribution in [3.05, 3.63) is 71.5 Å². The maximum Gasteiger partial charge on any atom is 0.230 e. The molecule has 1 heterocycles. The fraction of sp³-hybridized carbons (Fsp3) is 0.400. The molecule has 0 radical (unpaired) electrons. The molecule has 3 aromatic rings. The third-order valence-corrected chi connectivity index (χ3v) is 6.61. The standard InChI is InChI=1S/C25H33N5O2S/c1-5-29(6-2)23(21-13-10-14-22(15-21)32-4)16-26-24(31)18-33-25-28-27-19(3)30(25)17-20-11-8-7-9-12-20/h7-15,23H,5-6,16-18H2,1-4H3,(H,26,31). The van der Waals surface area contributed by atoms with E-state index in [0.717, 1.165) is 35.4 Å². The van der Waals surface area contributed by atoms with Gasteiger partial charge in [0.05, 0.1) is 25.4 Å². The van der Waals surface area contributed by atoms with Crippen LogP contribution in [0.2, 0.25) is 0 Å². The highest BCUT2D eigenvalue weighted by Gasteiger charge is 2.20. The molecule has 0 aliphatic heterocycles. The molecular formula is C25H33N5O2S. The number of carbonyl (C=O) groups is 1. The molecule has 0 saturated carbocycles. The first-order valence-corrected chi connectivity index (χ1v) is 12.3. The molecule has 33 heavy (non-hydrogen) atoms. The van der Waals surface area contributed by atoms with Gasteiger partial charge in [0.2, 0.25) is 5.91 Å². The fourth-order valence-corrected chi connectivity index (χ4v) is 4.59. The zero-order valence-corrected chi connectivity index (χ0v) is 20.6. The average molecular weight is 468 g/mol. The van der Waals surface area contributed by atoms with Crippen molar-refractivity contribution in [2.75, 3.05) is 32.5 Å². The Morgan fingerprint density at radius 3 is 2.58 bits per heavy atom. The molecule has 7 nitrogen and oxygen atoms in total. The normalized spacial score (nSPS) is 12.0. The minimum atomic E-state index is -0.0213. The van der Waals surface area contributed by atoms with E-state index in [2.05, 4.69) is 52.5 Å². The number of nitrogens with one attached hydrogen (secondary N) is 1. The number of aryl methyl sites for hydroxylation is 1. The summed E-state index contributed by atoms with van der Waals surface area (Å²) < 4.78 is 7.44. The van der Waals surface area contributed by atoms with E-state index in [-0.39, 0.29) is 17.7 Å². The number of nitrogens with zero attached hydrogens (tertiary/aromatic N) is 4. The van der Waals surface area contributed by atoms with Crippen molar-refractivity contribution in [2.45, 2.75) is 38.5 Å². The van der Waals surface area contributed by atoms with Gasteiger partial charge in [0.25, 0.3) is 0 Å². The first-order chi connectivity index (χ1) is 16.0. The third-order valence-electron chi connectivity index (χ3n) is 5.64. The van der Waals surface area contributed by atoms with Crippen LogP contribution in [-0.2, 0) is 11.3 Å². The number of hydrogen-bond acceptors (Lipinski definition) is 6. The van der Waals surface area contributed by atoms with Gasteiger partial charge in [0.15, 0.2) is 5.16 Å². The Balaban J connectivity index is 1.62. The van der Waals surface area contributed by atoms with Gasteiger partial charge in [-0.1, -0.05) is 68.1 Å². The minimum absolute atomic E-state index is 0.0213. The van der Waals surface area contributed by atoms with E-state index in [0.29, 0.717) is 13.1 Å². The molecule has 1 N–H and O–H groups in total. The second-order valence-corrected chi connectivity index (χ2v) is 8.65. The second-order valence-electron chi connectivity index (χ2n) is 7.71. The van der Waals surface area contributed by atoms with E-state index in [9.17, 15) is 4.79 Å². The van der Waals surface area contributed by atoms with E-state index in [1.165, 1.54) is 17.3 Å². The molecule has 1 unspecified atom stereocenters. The number of benzene rings is 2. The Bertz CT molecular complexity index is 1020. The largest absolute Gasteiger partial charge is 0.497 e. The van der Waals surface area contributed by atoms with Crippen LogP contribution in [0.4, 0.5) is 0 Å². The summed E-state index contributed by atoms with van der Waals surface area (Å²) in [5.74, 6) is 1.92. The van der Waals surface area contributed by atoms with Crippen LogP contribution in [0.1, 0.15) is 36.8 Å². The van der Waals surface area contributed by atoms with E-state index in [1.54, 1.807) is 7.11 Å². The first-order valence-electron chi connectivity index (χ1n) is 11.3. The number of thioether (sulfide) groups is 1. The molecule has 0 spiro atoms. The molecule has 2 aromatic carbocycles. The lowest BCUT2D eigenvalue weighted by Gasteiger charge is -2.30. The van der Waals surface area contributed by atoms with Crippen LogP contribution in [0.5, 0.6) is 5.75 Å². The van der Waals surface area contributed by atoms with Crippen molar-refractivity contribution in [3.8, 4) is 5.75 Å². The molecule has 1 amide bonds. The lowest BCUT2D eigenvalue weighted by molar-refractivity contribution is -0.118. The SMILES string of the molecule is CCN(CC)C(CNC(=O)CSc1nnc(C)n1Cc1ccccc1)c1cccc(OC)c1. The summed E-state index contributed by atoms with van der Waals surface area (Å²) in [5, 5.41) is 12.3. The summed E-state index contributed by atoms with van der Waals surface area (Å²) in [6.45, 7) is 9.21. The average Bonchev–Trinajstić information content (AvgIpc) is 3.20. The van der Waals surface area contributed by atoms with Crippen molar-refractivity contribution in [3.63, 3.8) is 0 Å². The maximum absolute atomic E-state index is 12.7. The zero-order valence-electron chi connectivity index (χ0n) is 19.8. The van der Waals surface area contributed by atoms with Crippen LogP contribution in [0.25, 0.3) is 0 Å². The van der Waals surface area contributed by atoms with Crippen LogP contribution in [0.15, 0.2) is 59.8 Å². The molecule has 0 bridgehead atoms. The van der Waals surface area contributed by atoms with Crippen molar-refractivity contribution < 1.29 is 9.53 Å². The van der Waals surface area contributed by atoms with Gasteiger partial charge in [-0.05, 0) is 43.3 Å². The Labute approximate surface area is 200 Å². The summed E-state index contributed by atoms with van der Waals surface area (Å²) >= 11 is 1.41. The second kappa shape index (κ2) is 12.4. The fourth-order valence-electron chi connectivity index (χ4n) is 3.78. The molecule has 8 heteroatoms. The van der Waals surface area contributed by atoms with Crippen molar-refractivity contribution in [1.29, 1.82) is 0 Å². The van der Waals surface area contributed by atoms with Crippen molar-refractivity contribution in [2.24, 2.45) is 0 Å². The number of ether oxygens (including phenoxy) is 1. The molecule has 1 atom stereocenters.